The first-order valence-electron chi connectivity index (χ1n) is 5.71. The molecule has 2 aromatic rings. The normalized spacial score (nSPS) is 13.2. The van der Waals surface area contributed by atoms with Crippen LogP contribution in [0.15, 0.2) is 34.3 Å². The molecule has 0 aliphatic heterocycles. The van der Waals surface area contributed by atoms with Gasteiger partial charge in [0.2, 0.25) is 0 Å². The van der Waals surface area contributed by atoms with Crippen LogP contribution in [-0.2, 0) is 13.1 Å². The van der Waals surface area contributed by atoms with Crippen molar-refractivity contribution in [2.75, 3.05) is 7.05 Å². The molecule has 0 radical (unpaired) electrons. The van der Waals surface area contributed by atoms with Gasteiger partial charge in [0.25, 0.3) is 0 Å². The van der Waals surface area contributed by atoms with E-state index in [1.807, 2.05) is 6.07 Å². The largest absolute Gasteiger partial charge is 0.468 e. The third-order valence-corrected chi connectivity index (χ3v) is 4.10. The highest BCUT2D eigenvalue weighted by atomic mass is 32.1. The molecule has 4 heteroatoms. The molecule has 0 saturated heterocycles. The molecule has 17 heavy (non-hydrogen) atoms. The molecule has 0 aliphatic rings. The van der Waals surface area contributed by atoms with Crippen LogP contribution in [0.3, 0.4) is 0 Å². The summed E-state index contributed by atoms with van der Waals surface area (Å²) in [5, 5.41) is 2.11. The molecule has 3 nitrogen and oxygen atoms in total. The number of furan rings is 1. The Morgan fingerprint density at radius 3 is 2.94 bits per heavy atom. The lowest BCUT2D eigenvalue weighted by atomic mass is 10.2. The monoisotopic (exact) mass is 250 g/mol. The third kappa shape index (κ3) is 2.77. The van der Waals surface area contributed by atoms with Crippen LogP contribution in [0.1, 0.15) is 29.2 Å². The molecule has 1 atom stereocenters. The Morgan fingerprint density at radius 2 is 2.29 bits per heavy atom. The summed E-state index contributed by atoms with van der Waals surface area (Å²) in [6.45, 7) is 3.54. The molecule has 0 aromatic carbocycles. The van der Waals surface area contributed by atoms with Gasteiger partial charge in [-0.05, 0) is 31.5 Å². The molecule has 1 unspecified atom stereocenters. The first-order chi connectivity index (χ1) is 8.22. The maximum Gasteiger partial charge on any atom is 0.121 e. The molecule has 0 fully saturated rings. The minimum Gasteiger partial charge on any atom is -0.468 e. The quantitative estimate of drug-likeness (QED) is 0.887. The van der Waals surface area contributed by atoms with Gasteiger partial charge < -0.3 is 10.2 Å². The lowest BCUT2D eigenvalue weighted by molar-refractivity contribution is 0.254. The van der Waals surface area contributed by atoms with Gasteiger partial charge >= 0.3 is 0 Å². The SMILES string of the molecule is CC(c1cccs1)N(C)Cc1ccoc1CN. The van der Waals surface area contributed by atoms with Gasteiger partial charge in [-0.1, -0.05) is 6.07 Å². The Balaban J connectivity index is 2.04. The lowest BCUT2D eigenvalue weighted by Crippen LogP contribution is -2.21. The Labute approximate surface area is 106 Å². The number of thiophene rings is 1. The summed E-state index contributed by atoms with van der Waals surface area (Å²) in [5.41, 5.74) is 6.81. The van der Waals surface area contributed by atoms with Crippen molar-refractivity contribution in [3.05, 3.63) is 46.0 Å². The van der Waals surface area contributed by atoms with E-state index in [0.717, 1.165) is 12.3 Å². The van der Waals surface area contributed by atoms with Gasteiger partial charge in [-0.25, -0.2) is 0 Å². The topological polar surface area (TPSA) is 42.4 Å². The molecular weight excluding hydrogens is 232 g/mol. The maximum absolute atomic E-state index is 5.63. The van der Waals surface area contributed by atoms with Crippen LogP contribution < -0.4 is 5.73 Å². The van der Waals surface area contributed by atoms with Crippen molar-refractivity contribution in [3.63, 3.8) is 0 Å². The second kappa shape index (κ2) is 5.49. The van der Waals surface area contributed by atoms with Crippen LogP contribution in [-0.4, -0.2) is 11.9 Å². The lowest BCUT2D eigenvalue weighted by Gasteiger charge is -2.23. The van der Waals surface area contributed by atoms with E-state index in [1.165, 1.54) is 10.4 Å². The van der Waals surface area contributed by atoms with Crippen molar-refractivity contribution < 1.29 is 4.42 Å². The van der Waals surface area contributed by atoms with Gasteiger partial charge in [-0.3, -0.25) is 4.90 Å². The Morgan fingerprint density at radius 1 is 1.47 bits per heavy atom. The second-order valence-electron chi connectivity index (χ2n) is 4.18. The van der Waals surface area contributed by atoms with Gasteiger partial charge in [0, 0.05) is 23.0 Å². The molecule has 2 N–H and O–H groups in total. The molecule has 0 saturated carbocycles. The van der Waals surface area contributed by atoms with Crippen LogP contribution >= 0.6 is 11.3 Å². The fourth-order valence-electron chi connectivity index (χ4n) is 1.84. The number of hydrogen-bond acceptors (Lipinski definition) is 4. The summed E-state index contributed by atoms with van der Waals surface area (Å²) in [6, 6.07) is 6.67. The van der Waals surface area contributed by atoms with Gasteiger partial charge in [-0.2, -0.15) is 0 Å². The molecule has 2 aromatic heterocycles. The summed E-state index contributed by atoms with van der Waals surface area (Å²) in [5.74, 6) is 0.884. The molecule has 92 valence electrons. The maximum atomic E-state index is 5.63. The zero-order valence-electron chi connectivity index (χ0n) is 10.2. The fraction of sp³-hybridized carbons (Fsp3) is 0.385. The average molecular weight is 250 g/mol. The van der Waals surface area contributed by atoms with E-state index in [2.05, 4.69) is 36.4 Å². The van der Waals surface area contributed by atoms with Gasteiger partial charge in [-0.15, -0.1) is 11.3 Å². The van der Waals surface area contributed by atoms with Crippen LogP contribution in [0.4, 0.5) is 0 Å². The van der Waals surface area contributed by atoms with E-state index in [4.69, 9.17) is 10.2 Å². The zero-order chi connectivity index (χ0) is 12.3. The molecular formula is C13H18N2OS. The van der Waals surface area contributed by atoms with Crippen molar-refractivity contribution in [2.24, 2.45) is 5.73 Å². The Bertz CT molecular complexity index is 450. The average Bonchev–Trinajstić information content (AvgIpc) is 2.98. The number of rotatable bonds is 5. The van der Waals surface area contributed by atoms with Crippen molar-refractivity contribution in [3.8, 4) is 0 Å². The van der Waals surface area contributed by atoms with Crippen LogP contribution in [0.5, 0.6) is 0 Å². The van der Waals surface area contributed by atoms with Crippen molar-refractivity contribution in [1.82, 2.24) is 4.90 Å². The van der Waals surface area contributed by atoms with Crippen LogP contribution in [0, 0.1) is 0 Å². The predicted octanol–water partition coefficient (Wildman–Crippen LogP) is 2.99. The Hall–Kier alpha value is -1.10. The molecule has 0 spiro atoms. The molecule has 0 aliphatic carbocycles. The minimum absolute atomic E-state index is 0.413. The fourth-order valence-corrected chi connectivity index (χ4v) is 2.69. The Kier molecular flexibility index (Phi) is 3.99. The highest BCUT2D eigenvalue weighted by molar-refractivity contribution is 7.10. The summed E-state index contributed by atoms with van der Waals surface area (Å²) in [4.78, 5) is 3.68. The molecule has 0 amide bonds. The second-order valence-corrected chi connectivity index (χ2v) is 5.16. The minimum atomic E-state index is 0.413. The molecule has 2 rings (SSSR count). The van der Waals surface area contributed by atoms with Crippen LogP contribution in [0.25, 0.3) is 0 Å². The zero-order valence-corrected chi connectivity index (χ0v) is 11.0. The highest BCUT2D eigenvalue weighted by Gasteiger charge is 2.15. The van der Waals surface area contributed by atoms with E-state index in [1.54, 1.807) is 17.6 Å². The standard InChI is InChI=1S/C13H18N2OS/c1-10(13-4-3-7-17-13)15(2)9-11-5-6-16-12(11)8-14/h3-7,10H,8-9,14H2,1-2H3. The number of hydrogen-bond donors (Lipinski definition) is 1. The molecule has 0 bridgehead atoms. The van der Waals surface area contributed by atoms with E-state index >= 15 is 0 Å². The summed E-state index contributed by atoms with van der Waals surface area (Å²) in [6.07, 6.45) is 1.71. The van der Waals surface area contributed by atoms with Gasteiger partial charge in [0.15, 0.2) is 0 Å². The first-order valence-corrected chi connectivity index (χ1v) is 6.59. The number of nitrogens with two attached hydrogens (primary N) is 1. The summed E-state index contributed by atoms with van der Waals surface area (Å²) in [7, 11) is 2.12. The predicted molar refractivity (Wildman–Crippen MR) is 70.8 cm³/mol. The summed E-state index contributed by atoms with van der Waals surface area (Å²) >= 11 is 1.79. The van der Waals surface area contributed by atoms with Crippen molar-refractivity contribution in [2.45, 2.75) is 26.1 Å². The number of nitrogens with zero attached hydrogens (tertiary/aromatic N) is 1. The van der Waals surface area contributed by atoms with E-state index < -0.39 is 0 Å². The highest BCUT2D eigenvalue weighted by Crippen LogP contribution is 2.25. The molecule has 2 heterocycles. The van der Waals surface area contributed by atoms with Gasteiger partial charge in [0.1, 0.15) is 5.76 Å². The van der Waals surface area contributed by atoms with E-state index in [0.29, 0.717) is 12.6 Å². The van der Waals surface area contributed by atoms with E-state index in [9.17, 15) is 0 Å². The van der Waals surface area contributed by atoms with Crippen molar-refractivity contribution >= 4 is 11.3 Å². The van der Waals surface area contributed by atoms with Crippen molar-refractivity contribution in [1.29, 1.82) is 0 Å². The van der Waals surface area contributed by atoms with Gasteiger partial charge in [0.05, 0.1) is 12.8 Å². The summed E-state index contributed by atoms with van der Waals surface area (Å²) < 4.78 is 5.34. The van der Waals surface area contributed by atoms with E-state index in [-0.39, 0.29) is 0 Å². The van der Waals surface area contributed by atoms with Crippen LogP contribution in [0.2, 0.25) is 0 Å². The third-order valence-electron chi connectivity index (χ3n) is 3.06. The first kappa shape index (κ1) is 12.4. The smallest absolute Gasteiger partial charge is 0.121 e.